The summed E-state index contributed by atoms with van der Waals surface area (Å²) in [6, 6.07) is 8.85. The van der Waals surface area contributed by atoms with Gasteiger partial charge in [-0.1, -0.05) is 68.6 Å². The summed E-state index contributed by atoms with van der Waals surface area (Å²) >= 11 is 6.03. The second-order valence-electron chi connectivity index (χ2n) is 8.47. The zero-order chi connectivity index (χ0) is 17.7. The van der Waals surface area contributed by atoms with Gasteiger partial charge in [0, 0.05) is 22.6 Å². The molecule has 1 aromatic heterocycles. The molecule has 3 aliphatic carbocycles. The summed E-state index contributed by atoms with van der Waals surface area (Å²) < 4.78 is 2.76. The minimum absolute atomic E-state index is 0.0108. The highest BCUT2D eigenvalue weighted by Crippen LogP contribution is 2.50. The highest BCUT2D eigenvalue weighted by molar-refractivity contribution is 7.71. The highest BCUT2D eigenvalue weighted by Gasteiger charge is 2.42. The van der Waals surface area contributed by atoms with Gasteiger partial charge in [-0.3, -0.25) is 4.57 Å². The van der Waals surface area contributed by atoms with Gasteiger partial charge in [-0.05, 0) is 37.7 Å². The Balaban J connectivity index is 1.80. The molecule has 2 aromatic rings. The van der Waals surface area contributed by atoms with Crippen molar-refractivity contribution in [2.75, 3.05) is 0 Å². The fraction of sp³-hybridized carbons (Fsp3) is 0.545. The van der Waals surface area contributed by atoms with Crippen LogP contribution in [-0.4, -0.2) is 9.55 Å². The number of aromatic amines is 1. The van der Waals surface area contributed by atoms with Gasteiger partial charge in [0.1, 0.15) is 4.64 Å². The van der Waals surface area contributed by atoms with Crippen molar-refractivity contribution in [1.82, 2.24) is 9.55 Å². The quantitative estimate of drug-likeness (QED) is 0.682. The van der Waals surface area contributed by atoms with Crippen LogP contribution >= 0.6 is 12.2 Å². The lowest BCUT2D eigenvalue weighted by Crippen LogP contribution is -2.39. The number of benzene rings is 1. The molecular formula is C22H26N2OS. The van der Waals surface area contributed by atoms with Crippen LogP contribution in [0.2, 0.25) is 0 Å². The Kier molecular flexibility index (Phi) is 3.93. The van der Waals surface area contributed by atoms with Gasteiger partial charge in [0.15, 0.2) is 0 Å². The van der Waals surface area contributed by atoms with Crippen LogP contribution in [0.1, 0.15) is 75.0 Å². The van der Waals surface area contributed by atoms with Crippen molar-refractivity contribution in [1.29, 1.82) is 0 Å². The number of nitrogens with one attached hydrogen (secondary N) is 1. The molecule has 3 nitrogen and oxygen atoms in total. The number of hydrogen-bond donors (Lipinski definition) is 1. The third-order valence-corrected chi connectivity index (χ3v) is 7.38. The molecule has 0 atom stereocenters. The van der Waals surface area contributed by atoms with Crippen molar-refractivity contribution in [3.05, 3.63) is 50.5 Å². The Morgan fingerprint density at radius 3 is 2.54 bits per heavy atom. The fourth-order valence-electron chi connectivity index (χ4n) is 5.76. The normalized spacial score (nSPS) is 21.5. The van der Waals surface area contributed by atoms with E-state index in [1.807, 2.05) is 4.57 Å². The van der Waals surface area contributed by atoms with E-state index in [-0.39, 0.29) is 17.1 Å². The molecule has 1 aromatic carbocycles. The largest absolute Gasteiger partial charge is 0.327 e. The summed E-state index contributed by atoms with van der Waals surface area (Å²) in [4.78, 5) is 16.3. The van der Waals surface area contributed by atoms with Gasteiger partial charge in [0.2, 0.25) is 0 Å². The first-order chi connectivity index (χ1) is 12.7. The van der Waals surface area contributed by atoms with Crippen molar-refractivity contribution in [2.24, 2.45) is 0 Å². The van der Waals surface area contributed by atoms with E-state index in [0.29, 0.717) is 0 Å². The van der Waals surface area contributed by atoms with Crippen LogP contribution in [0.5, 0.6) is 0 Å². The summed E-state index contributed by atoms with van der Waals surface area (Å²) in [6.45, 7) is 0. The maximum absolute atomic E-state index is 13.0. The molecule has 1 N–H and O–H groups in total. The van der Waals surface area contributed by atoms with Crippen LogP contribution in [0.4, 0.5) is 0 Å². The molecule has 0 radical (unpaired) electrons. The van der Waals surface area contributed by atoms with Crippen molar-refractivity contribution in [3.63, 3.8) is 0 Å². The maximum atomic E-state index is 13.0. The first-order valence-corrected chi connectivity index (χ1v) is 10.6. The molecule has 4 heteroatoms. The molecular weight excluding hydrogens is 340 g/mol. The molecule has 3 aliphatic rings. The Morgan fingerprint density at radius 1 is 1.04 bits per heavy atom. The van der Waals surface area contributed by atoms with E-state index in [1.54, 1.807) is 0 Å². The second-order valence-corrected chi connectivity index (χ2v) is 8.86. The second kappa shape index (κ2) is 6.19. The van der Waals surface area contributed by atoms with E-state index in [9.17, 15) is 4.79 Å². The van der Waals surface area contributed by atoms with Gasteiger partial charge in [-0.15, -0.1) is 0 Å². The molecule has 2 fully saturated rings. The smallest absolute Gasteiger partial charge is 0.307 e. The van der Waals surface area contributed by atoms with E-state index in [4.69, 9.17) is 12.2 Å². The number of rotatable bonds is 1. The number of hydrogen-bond acceptors (Lipinski definition) is 2. The van der Waals surface area contributed by atoms with Crippen LogP contribution in [0.3, 0.4) is 0 Å². The number of aromatic nitrogens is 2. The molecule has 1 heterocycles. The molecule has 2 saturated carbocycles. The van der Waals surface area contributed by atoms with Gasteiger partial charge in [-0.25, -0.2) is 4.79 Å². The van der Waals surface area contributed by atoms with Crippen molar-refractivity contribution in [3.8, 4) is 11.3 Å². The summed E-state index contributed by atoms with van der Waals surface area (Å²) in [5.74, 6) is 0. The minimum Gasteiger partial charge on any atom is -0.307 e. The molecule has 0 unspecified atom stereocenters. The molecule has 0 bridgehead atoms. The average molecular weight is 367 g/mol. The lowest BCUT2D eigenvalue weighted by molar-refractivity contribution is 0.283. The van der Waals surface area contributed by atoms with E-state index < -0.39 is 0 Å². The van der Waals surface area contributed by atoms with Crippen LogP contribution in [0.25, 0.3) is 11.3 Å². The first kappa shape index (κ1) is 16.5. The van der Waals surface area contributed by atoms with E-state index in [1.165, 1.54) is 61.6 Å². The van der Waals surface area contributed by atoms with Crippen molar-refractivity contribution < 1.29 is 0 Å². The first-order valence-electron chi connectivity index (χ1n) is 10.2. The van der Waals surface area contributed by atoms with Gasteiger partial charge >= 0.3 is 5.69 Å². The van der Waals surface area contributed by atoms with Crippen LogP contribution in [0, 0.1) is 4.64 Å². The standard InChI is InChI=1S/C22H26N2OS/c25-21-23-19-17-11-5-2-8-15(17)14-22(12-6-1-7-13-22)18(19)20(26)24(21)16-9-3-4-10-16/h2,5,8,11,16H,1,3-4,6-7,9-10,12-14H2,(H,23,25). The topological polar surface area (TPSA) is 37.8 Å². The molecule has 0 saturated heterocycles. The monoisotopic (exact) mass is 366 g/mol. The SMILES string of the molecule is O=c1[nH]c2c(c(=S)n1C1CCCC1)C1(CCCCC1)Cc1ccccc1-2. The number of nitrogens with zero attached hydrogens (tertiary/aromatic N) is 1. The minimum atomic E-state index is -0.0108. The Morgan fingerprint density at radius 2 is 1.77 bits per heavy atom. The third kappa shape index (κ3) is 2.38. The lowest BCUT2D eigenvalue weighted by Gasteiger charge is -2.43. The fourth-order valence-corrected chi connectivity index (χ4v) is 6.31. The Labute approximate surface area is 159 Å². The Bertz CT molecular complexity index is 959. The molecule has 5 rings (SSSR count). The molecule has 26 heavy (non-hydrogen) atoms. The zero-order valence-corrected chi connectivity index (χ0v) is 16.0. The highest BCUT2D eigenvalue weighted by atomic mass is 32.1. The van der Waals surface area contributed by atoms with Crippen molar-refractivity contribution >= 4 is 12.2 Å². The van der Waals surface area contributed by atoms with Gasteiger partial charge in [0.25, 0.3) is 0 Å². The summed E-state index contributed by atoms with van der Waals surface area (Å²) in [5, 5.41) is 0. The number of H-pyrrole nitrogens is 1. The number of fused-ring (bicyclic) bond motifs is 4. The molecule has 136 valence electrons. The van der Waals surface area contributed by atoms with Crippen LogP contribution in [0.15, 0.2) is 29.1 Å². The summed E-state index contributed by atoms with van der Waals surface area (Å²) in [7, 11) is 0. The molecule has 1 spiro atoms. The predicted octanol–water partition coefficient (Wildman–Crippen LogP) is 5.45. The van der Waals surface area contributed by atoms with Gasteiger partial charge in [-0.2, -0.15) is 0 Å². The van der Waals surface area contributed by atoms with E-state index in [0.717, 1.165) is 29.6 Å². The summed E-state index contributed by atoms with van der Waals surface area (Å²) in [6.07, 6.45) is 11.9. The van der Waals surface area contributed by atoms with E-state index >= 15 is 0 Å². The van der Waals surface area contributed by atoms with Gasteiger partial charge in [0.05, 0.1) is 5.69 Å². The average Bonchev–Trinajstić information content (AvgIpc) is 3.16. The van der Waals surface area contributed by atoms with Crippen LogP contribution in [-0.2, 0) is 11.8 Å². The Hall–Kier alpha value is -1.68. The maximum Gasteiger partial charge on any atom is 0.327 e. The summed E-state index contributed by atoms with van der Waals surface area (Å²) in [5.41, 5.74) is 4.94. The van der Waals surface area contributed by atoms with Gasteiger partial charge < -0.3 is 4.98 Å². The van der Waals surface area contributed by atoms with E-state index in [2.05, 4.69) is 29.2 Å². The lowest BCUT2D eigenvalue weighted by atomic mass is 9.62. The zero-order valence-electron chi connectivity index (χ0n) is 15.2. The third-order valence-electron chi connectivity index (χ3n) is 6.98. The predicted molar refractivity (Wildman–Crippen MR) is 107 cm³/mol. The van der Waals surface area contributed by atoms with Crippen LogP contribution < -0.4 is 5.69 Å². The molecule has 0 amide bonds. The molecule has 0 aliphatic heterocycles. The van der Waals surface area contributed by atoms with Crippen molar-refractivity contribution in [2.45, 2.75) is 75.7 Å².